The fraction of sp³-hybridized carbons (Fsp3) is 0.533. The van der Waals surface area contributed by atoms with Crippen molar-refractivity contribution < 1.29 is 19.7 Å². The van der Waals surface area contributed by atoms with Gasteiger partial charge in [0.15, 0.2) is 6.10 Å². The van der Waals surface area contributed by atoms with Crippen LogP contribution in [0.25, 0.3) is 0 Å². The van der Waals surface area contributed by atoms with Crippen molar-refractivity contribution in [3.05, 3.63) is 23.2 Å². The zero-order valence-corrected chi connectivity index (χ0v) is 12.7. The number of carbonyl (C=O) groups is 1. The lowest BCUT2D eigenvalue weighted by Crippen LogP contribution is -2.49. The monoisotopic (exact) mass is 313 g/mol. The second kappa shape index (κ2) is 7.11. The van der Waals surface area contributed by atoms with E-state index in [2.05, 4.69) is 0 Å². The number of hydrogen-bond donors (Lipinski definition) is 2. The summed E-state index contributed by atoms with van der Waals surface area (Å²) in [6, 6.07) is 5.06. The molecule has 2 N–H and O–H groups in total. The van der Waals surface area contributed by atoms with Gasteiger partial charge in [0.1, 0.15) is 5.75 Å². The predicted octanol–water partition coefficient (Wildman–Crippen LogP) is 1.98. The third-order valence-electron chi connectivity index (χ3n) is 3.45. The number of halogens is 1. The second-order valence-electron chi connectivity index (χ2n) is 5.15. The van der Waals surface area contributed by atoms with Gasteiger partial charge in [0, 0.05) is 5.02 Å². The van der Waals surface area contributed by atoms with E-state index in [0.29, 0.717) is 22.9 Å². The smallest absolute Gasteiger partial charge is 0.268 e. The van der Waals surface area contributed by atoms with Crippen LogP contribution in [-0.4, -0.2) is 41.5 Å². The molecule has 0 fully saturated rings. The van der Waals surface area contributed by atoms with Gasteiger partial charge in [-0.2, -0.15) is 0 Å². The minimum Gasteiger partial charge on any atom is -0.478 e. The van der Waals surface area contributed by atoms with E-state index in [1.54, 1.807) is 18.2 Å². The Hall–Kier alpha value is -1.30. The molecule has 0 saturated heterocycles. The van der Waals surface area contributed by atoms with Crippen molar-refractivity contribution in [3.8, 4) is 5.75 Å². The number of benzene rings is 1. The van der Waals surface area contributed by atoms with E-state index in [-0.39, 0.29) is 12.5 Å². The van der Waals surface area contributed by atoms with E-state index in [1.165, 1.54) is 4.90 Å². The number of rotatable bonds is 6. The zero-order valence-electron chi connectivity index (χ0n) is 12.0. The number of aliphatic hydroxyl groups is 2. The zero-order chi connectivity index (χ0) is 15.4. The molecule has 2 unspecified atom stereocenters. The summed E-state index contributed by atoms with van der Waals surface area (Å²) in [6.45, 7) is 1.67. The molecule has 5 nitrogen and oxygen atoms in total. The van der Waals surface area contributed by atoms with Crippen molar-refractivity contribution in [2.45, 2.75) is 38.4 Å². The minimum absolute atomic E-state index is 0.0225. The molecule has 1 amide bonds. The molecule has 2 rings (SSSR count). The van der Waals surface area contributed by atoms with Gasteiger partial charge >= 0.3 is 0 Å². The topological polar surface area (TPSA) is 70.0 Å². The van der Waals surface area contributed by atoms with Gasteiger partial charge in [0.05, 0.1) is 24.9 Å². The van der Waals surface area contributed by atoms with Crippen LogP contribution in [0.3, 0.4) is 0 Å². The molecule has 1 aliphatic heterocycles. The molecule has 6 heteroatoms. The van der Waals surface area contributed by atoms with Gasteiger partial charge in [-0.15, -0.1) is 0 Å². The van der Waals surface area contributed by atoms with E-state index in [9.17, 15) is 9.90 Å². The van der Waals surface area contributed by atoms with E-state index in [4.69, 9.17) is 21.4 Å². The van der Waals surface area contributed by atoms with Crippen molar-refractivity contribution in [3.63, 3.8) is 0 Å². The summed E-state index contributed by atoms with van der Waals surface area (Å²) in [5.41, 5.74) is 0.535. The largest absolute Gasteiger partial charge is 0.478 e. The fourth-order valence-corrected chi connectivity index (χ4v) is 2.49. The van der Waals surface area contributed by atoms with Gasteiger partial charge in [0.25, 0.3) is 5.91 Å². The Labute approximate surface area is 129 Å². The fourth-order valence-electron chi connectivity index (χ4n) is 2.33. The highest BCUT2D eigenvalue weighted by Gasteiger charge is 2.34. The molecule has 0 spiro atoms. The molecule has 1 aliphatic rings. The lowest BCUT2D eigenvalue weighted by Gasteiger charge is -2.35. The molecule has 116 valence electrons. The van der Waals surface area contributed by atoms with Crippen molar-refractivity contribution in [1.29, 1.82) is 0 Å². The average Bonchev–Trinajstić information content (AvgIpc) is 2.48. The molecule has 0 aliphatic carbocycles. The molecule has 1 aromatic carbocycles. The maximum atomic E-state index is 12.5. The van der Waals surface area contributed by atoms with Crippen molar-refractivity contribution in [2.24, 2.45) is 0 Å². The molecular weight excluding hydrogens is 294 g/mol. The van der Waals surface area contributed by atoms with Crippen LogP contribution in [0.15, 0.2) is 18.2 Å². The first-order valence-electron chi connectivity index (χ1n) is 7.13. The number of β-amino-alcohol motifs (C(OH)–C–C–N with tert-alkyl or cyclic N) is 1. The Morgan fingerprint density at radius 3 is 2.90 bits per heavy atom. The van der Waals surface area contributed by atoms with Gasteiger partial charge in [-0.05, 0) is 31.0 Å². The van der Waals surface area contributed by atoms with Gasteiger partial charge in [-0.3, -0.25) is 4.79 Å². The maximum Gasteiger partial charge on any atom is 0.268 e. The summed E-state index contributed by atoms with van der Waals surface area (Å²) in [6.07, 6.45) is 0.939. The maximum absolute atomic E-state index is 12.5. The van der Waals surface area contributed by atoms with Gasteiger partial charge < -0.3 is 19.8 Å². The number of anilines is 1. The highest BCUT2D eigenvalue weighted by Crippen LogP contribution is 2.37. The van der Waals surface area contributed by atoms with E-state index < -0.39 is 18.8 Å². The normalized spacial score (nSPS) is 19.1. The average molecular weight is 314 g/mol. The summed E-state index contributed by atoms with van der Waals surface area (Å²) in [4.78, 5) is 14.0. The molecular formula is C15H20ClNO4. The van der Waals surface area contributed by atoms with Crippen molar-refractivity contribution in [2.75, 3.05) is 18.1 Å². The Morgan fingerprint density at radius 1 is 1.48 bits per heavy atom. The Balaban J connectivity index is 2.30. The number of nitrogens with zero attached hydrogens (tertiary/aromatic N) is 1. The van der Waals surface area contributed by atoms with Crippen LogP contribution in [0.2, 0.25) is 5.02 Å². The number of carbonyl (C=O) groups excluding carboxylic acids is 1. The Kier molecular flexibility index (Phi) is 5.45. The summed E-state index contributed by atoms with van der Waals surface area (Å²) < 4.78 is 5.75. The number of fused-ring (bicyclic) bond motifs is 1. The molecule has 0 saturated carbocycles. The highest BCUT2D eigenvalue weighted by atomic mass is 35.5. The van der Waals surface area contributed by atoms with E-state index in [0.717, 1.165) is 12.8 Å². The summed E-state index contributed by atoms with van der Waals surface area (Å²) in [5.74, 6) is 0.371. The number of hydrogen-bond acceptors (Lipinski definition) is 4. The number of amides is 1. The lowest BCUT2D eigenvalue weighted by atomic mass is 10.1. The van der Waals surface area contributed by atoms with Crippen LogP contribution in [0.1, 0.15) is 26.2 Å². The minimum atomic E-state index is -0.995. The summed E-state index contributed by atoms with van der Waals surface area (Å²) in [5, 5.41) is 19.2. The molecule has 0 aromatic heterocycles. The molecule has 1 heterocycles. The van der Waals surface area contributed by atoms with Gasteiger partial charge in [0.2, 0.25) is 0 Å². The van der Waals surface area contributed by atoms with Crippen molar-refractivity contribution in [1.82, 2.24) is 0 Å². The Bertz CT molecular complexity index is 508. The van der Waals surface area contributed by atoms with Crippen LogP contribution in [0, 0.1) is 0 Å². The van der Waals surface area contributed by atoms with E-state index >= 15 is 0 Å². The number of aliphatic hydroxyl groups excluding tert-OH is 2. The highest BCUT2D eigenvalue weighted by molar-refractivity contribution is 6.31. The predicted molar refractivity (Wildman–Crippen MR) is 80.8 cm³/mol. The summed E-state index contributed by atoms with van der Waals surface area (Å²) >= 11 is 5.97. The third kappa shape index (κ3) is 3.67. The quantitative estimate of drug-likeness (QED) is 0.842. The van der Waals surface area contributed by atoms with Crippen LogP contribution >= 0.6 is 11.6 Å². The van der Waals surface area contributed by atoms with E-state index in [1.807, 2.05) is 6.92 Å². The molecule has 0 radical (unpaired) electrons. The molecule has 0 bridgehead atoms. The third-order valence-corrected chi connectivity index (χ3v) is 3.68. The standard InChI is InChI=1S/C15H20ClNO4/c1-2-3-4-14-15(20)17(8-11(19)9-18)12-7-10(16)5-6-13(12)21-14/h5-7,11,14,18-19H,2-4,8-9H2,1H3. The van der Waals surface area contributed by atoms with Crippen molar-refractivity contribution >= 4 is 23.2 Å². The van der Waals surface area contributed by atoms with Crippen LogP contribution < -0.4 is 9.64 Å². The van der Waals surface area contributed by atoms with Crippen LogP contribution in [0.4, 0.5) is 5.69 Å². The first-order valence-corrected chi connectivity index (χ1v) is 7.51. The van der Waals surface area contributed by atoms with Gasteiger partial charge in [-0.25, -0.2) is 0 Å². The SMILES string of the molecule is CCCCC1Oc2ccc(Cl)cc2N(CC(O)CO)C1=O. The van der Waals surface area contributed by atoms with Gasteiger partial charge in [-0.1, -0.05) is 24.9 Å². The van der Waals surface area contributed by atoms with Crippen LogP contribution in [-0.2, 0) is 4.79 Å². The molecule has 2 atom stereocenters. The van der Waals surface area contributed by atoms with Crippen LogP contribution in [0.5, 0.6) is 5.75 Å². The number of ether oxygens (including phenoxy) is 1. The molecule has 21 heavy (non-hydrogen) atoms. The molecule has 1 aromatic rings. The second-order valence-corrected chi connectivity index (χ2v) is 5.58. The first-order chi connectivity index (χ1) is 10.1. The first kappa shape index (κ1) is 16.1. The number of unbranched alkanes of at least 4 members (excludes halogenated alkanes) is 1. The summed E-state index contributed by atoms with van der Waals surface area (Å²) in [7, 11) is 0. The lowest BCUT2D eigenvalue weighted by molar-refractivity contribution is -0.127. The Morgan fingerprint density at radius 2 is 2.24 bits per heavy atom.